The molecule has 5 aromatic rings. The van der Waals surface area contributed by atoms with Crippen LogP contribution in [0.3, 0.4) is 0 Å². The van der Waals surface area contributed by atoms with Crippen molar-refractivity contribution in [1.82, 2.24) is 0 Å². The van der Waals surface area contributed by atoms with Gasteiger partial charge in [0, 0.05) is 23.8 Å². The zero-order valence-electron chi connectivity index (χ0n) is 31.4. The number of carbonyl (C=O) groups excluding carboxylic acids is 2. The Morgan fingerprint density at radius 2 is 1.33 bits per heavy atom. The van der Waals surface area contributed by atoms with Gasteiger partial charge in [0.2, 0.25) is 11.5 Å². The summed E-state index contributed by atoms with van der Waals surface area (Å²) >= 11 is 0. The average molecular weight is 789 g/mol. The number of Topliss-reactive ketones (excluding diaryl/α,β-unsaturated/α-hetero) is 1. The Hall–Kier alpha value is -7.30. The van der Waals surface area contributed by atoms with Crippen LogP contribution in [0.5, 0.6) is 63.2 Å². The third-order valence-corrected chi connectivity index (χ3v) is 8.77. The normalized spacial score (nSPS) is 13.2. The minimum absolute atomic E-state index is 0.0495. The van der Waals surface area contributed by atoms with Crippen LogP contribution in [0.4, 0.5) is 0 Å². The minimum Gasteiger partial charge on any atom is -0.504 e. The molecule has 1 aromatic heterocycles. The number of ether oxygens (including phenoxy) is 10. The number of carbonyl (C=O) groups is 3. The van der Waals surface area contributed by atoms with Crippen LogP contribution in [0.15, 0.2) is 63.8 Å². The fourth-order valence-electron chi connectivity index (χ4n) is 6.17. The summed E-state index contributed by atoms with van der Waals surface area (Å²) in [5, 5.41) is 20.2. The van der Waals surface area contributed by atoms with Crippen molar-refractivity contribution in [3.63, 3.8) is 0 Å². The molecule has 6 rings (SSSR count). The zero-order valence-corrected chi connectivity index (χ0v) is 31.4. The third-order valence-electron chi connectivity index (χ3n) is 8.77. The quantitative estimate of drug-likeness (QED) is 0.101. The minimum atomic E-state index is -1.33. The molecule has 1 aliphatic heterocycles. The number of methoxy groups -OCH3 is 6. The van der Waals surface area contributed by atoms with Crippen molar-refractivity contribution in [2.75, 3.05) is 55.9 Å². The van der Waals surface area contributed by atoms with Crippen molar-refractivity contribution in [3.8, 4) is 74.6 Å². The number of aliphatic carboxylic acids is 1. The third kappa shape index (κ3) is 7.80. The summed E-state index contributed by atoms with van der Waals surface area (Å²) in [4.78, 5) is 51.9. The van der Waals surface area contributed by atoms with Crippen LogP contribution in [-0.2, 0) is 9.59 Å². The lowest BCUT2D eigenvalue weighted by molar-refractivity contribution is -0.139. The molecule has 0 saturated heterocycles. The van der Waals surface area contributed by atoms with Crippen molar-refractivity contribution in [3.05, 3.63) is 75.9 Å². The second-order valence-corrected chi connectivity index (χ2v) is 12.1. The number of fused-ring (bicyclic) bond motifs is 2. The van der Waals surface area contributed by atoms with E-state index in [-0.39, 0.29) is 57.5 Å². The molecular formula is C40H36O17. The topological polar surface area (TPSA) is 214 Å². The van der Waals surface area contributed by atoms with Crippen LogP contribution in [-0.4, -0.2) is 83.8 Å². The molecule has 298 valence electrons. The summed E-state index contributed by atoms with van der Waals surface area (Å²) in [5.74, 6) is -3.17. The predicted molar refractivity (Wildman–Crippen MR) is 198 cm³/mol. The summed E-state index contributed by atoms with van der Waals surface area (Å²) < 4.78 is 61.1. The second-order valence-electron chi connectivity index (χ2n) is 12.1. The van der Waals surface area contributed by atoms with Gasteiger partial charge >= 0.3 is 11.9 Å². The molecule has 17 heteroatoms. The van der Waals surface area contributed by atoms with Crippen molar-refractivity contribution in [1.29, 1.82) is 0 Å². The molecule has 0 bridgehead atoms. The molecule has 1 unspecified atom stereocenters. The van der Waals surface area contributed by atoms with Gasteiger partial charge in [0.1, 0.15) is 34.1 Å². The SMILES string of the molecule is COc1ccc(-c2cc(=O)c3c(OC(=O)COc4cc5c(c(O)c4OC)C(=O)CC(c4ccc(OC)c(OC)c4)O5)c(OC)c(OCC(=O)O)cc3o2)cc1OC. The zero-order chi connectivity index (χ0) is 41.0. The largest absolute Gasteiger partial charge is 0.504 e. The fourth-order valence-corrected chi connectivity index (χ4v) is 6.17. The van der Waals surface area contributed by atoms with Gasteiger partial charge in [-0.25, -0.2) is 9.59 Å². The van der Waals surface area contributed by atoms with Gasteiger partial charge < -0.3 is 62.0 Å². The number of aromatic hydroxyl groups is 1. The van der Waals surface area contributed by atoms with Crippen molar-refractivity contribution in [2.45, 2.75) is 12.5 Å². The molecule has 4 aromatic carbocycles. The van der Waals surface area contributed by atoms with Crippen LogP contribution in [0.25, 0.3) is 22.3 Å². The Morgan fingerprint density at radius 3 is 1.98 bits per heavy atom. The average Bonchev–Trinajstić information content (AvgIpc) is 3.20. The van der Waals surface area contributed by atoms with E-state index in [1.807, 2.05) is 0 Å². The van der Waals surface area contributed by atoms with Gasteiger partial charge in [-0.05, 0) is 35.9 Å². The van der Waals surface area contributed by atoms with E-state index in [2.05, 4.69) is 0 Å². The van der Waals surface area contributed by atoms with E-state index in [1.165, 1.54) is 54.8 Å². The second kappa shape index (κ2) is 16.6. The summed E-state index contributed by atoms with van der Waals surface area (Å²) in [6.45, 7) is -1.67. The lowest BCUT2D eigenvalue weighted by Gasteiger charge is -2.27. The van der Waals surface area contributed by atoms with Gasteiger partial charge in [-0.3, -0.25) is 9.59 Å². The maximum absolute atomic E-state index is 13.7. The first-order valence-corrected chi connectivity index (χ1v) is 16.9. The molecular weight excluding hydrogens is 752 g/mol. The van der Waals surface area contributed by atoms with Gasteiger partial charge in [0.25, 0.3) is 0 Å². The maximum atomic E-state index is 13.7. The monoisotopic (exact) mass is 788 g/mol. The number of phenolic OH excluding ortho intramolecular Hbond substituents is 1. The molecule has 0 aliphatic carbocycles. The van der Waals surface area contributed by atoms with Crippen LogP contribution in [0.2, 0.25) is 0 Å². The maximum Gasteiger partial charge on any atom is 0.349 e. The molecule has 2 N–H and O–H groups in total. The van der Waals surface area contributed by atoms with Crippen molar-refractivity contribution in [2.24, 2.45) is 0 Å². The highest BCUT2D eigenvalue weighted by molar-refractivity contribution is 6.04. The van der Waals surface area contributed by atoms with Crippen LogP contribution in [0.1, 0.15) is 28.4 Å². The number of esters is 1. The van der Waals surface area contributed by atoms with Crippen LogP contribution < -0.4 is 52.8 Å². The Morgan fingerprint density at radius 1 is 0.702 bits per heavy atom. The summed E-state index contributed by atoms with van der Waals surface area (Å²) in [6.07, 6.45) is -0.911. The summed E-state index contributed by atoms with van der Waals surface area (Å²) in [5.41, 5.74) is 0.0470. The van der Waals surface area contributed by atoms with Gasteiger partial charge in [0.15, 0.2) is 70.4 Å². The highest BCUT2D eigenvalue weighted by atomic mass is 16.6. The Balaban J connectivity index is 1.33. The smallest absolute Gasteiger partial charge is 0.349 e. The van der Waals surface area contributed by atoms with Gasteiger partial charge in [-0.1, -0.05) is 6.07 Å². The number of hydrogen-bond acceptors (Lipinski definition) is 16. The van der Waals surface area contributed by atoms with Crippen molar-refractivity contribution >= 4 is 28.7 Å². The number of rotatable bonds is 15. The molecule has 17 nitrogen and oxygen atoms in total. The lowest BCUT2D eigenvalue weighted by Crippen LogP contribution is -2.22. The molecule has 0 fully saturated rings. The Labute approximate surface area is 323 Å². The van der Waals surface area contributed by atoms with E-state index >= 15 is 0 Å². The highest BCUT2D eigenvalue weighted by Gasteiger charge is 2.34. The molecule has 0 saturated carbocycles. The molecule has 2 heterocycles. The van der Waals surface area contributed by atoms with E-state index < -0.39 is 54.0 Å². The summed E-state index contributed by atoms with van der Waals surface area (Å²) in [6, 6.07) is 13.5. The Kier molecular flexibility index (Phi) is 11.5. The Bertz CT molecular complexity index is 2430. The van der Waals surface area contributed by atoms with Gasteiger partial charge in [-0.2, -0.15) is 0 Å². The van der Waals surface area contributed by atoms with E-state index in [0.717, 1.165) is 6.07 Å². The molecule has 0 spiro atoms. The number of benzene rings is 4. The number of ketones is 1. The first-order valence-electron chi connectivity index (χ1n) is 16.9. The van der Waals surface area contributed by atoms with Gasteiger partial charge in [-0.15, -0.1) is 0 Å². The van der Waals surface area contributed by atoms with E-state index in [0.29, 0.717) is 34.1 Å². The lowest BCUT2D eigenvalue weighted by atomic mass is 9.95. The molecule has 1 atom stereocenters. The number of phenols is 1. The number of carboxylic acids is 1. The molecule has 0 radical (unpaired) electrons. The van der Waals surface area contributed by atoms with Gasteiger partial charge in [0.05, 0.1) is 49.1 Å². The van der Waals surface area contributed by atoms with Crippen molar-refractivity contribution < 1.29 is 76.4 Å². The molecule has 57 heavy (non-hydrogen) atoms. The number of hydrogen-bond donors (Lipinski definition) is 2. The van der Waals surface area contributed by atoms with E-state index in [1.54, 1.807) is 36.4 Å². The van der Waals surface area contributed by atoms with E-state index in [9.17, 15) is 29.4 Å². The first kappa shape index (κ1) is 39.4. The standard InChI is InChI=1S/C40H36O17/c1-47-23-9-7-19(11-27(23)49-3)25-13-21(41)35-29(55-25)15-31(38(51-5)37(35)46)54-18-34(45)57-40-36-22(42)14-26(20-8-10-24(48-2)28(12-20)50-4)56-30(36)16-32(39(40)52-6)53-17-33(43)44/h7-12,14-16,25,46H,13,17-18H2,1-6H3,(H,43,44). The molecule has 0 amide bonds. The van der Waals surface area contributed by atoms with Crippen LogP contribution >= 0.6 is 0 Å². The highest BCUT2D eigenvalue weighted by Crippen LogP contribution is 2.50. The predicted octanol–water partition coefficient (Wildman–Crippen LogP) is 5.37. The first-order chi connectivity index (χ1) is 27.4. The summed E-state index contributed by atoms with van der Waals surface area (Å²) in [7, 11) is 8.29. The number of carboxylic acid groups (broad SMARTS) is 1. The van der Waals surface area contributed by atoms with Crippen LogP contribution in [0, 0.1) is 0 Å². The molecule has 1 aliphatic rings. The fraction of sp³-hybridized carbons (Fsp3) is 0.250. The van der Waals surface area contributed by atoms with E-state index in [4.69, 9.17) is 51.8 Å².